The van der Waals surface area contributed by atoms with Crippen molar-refractivity contribution in [3.63, 3.8) is 0 Å². The van der Waals surface area contributed by atoms with Crippen molar-refractivity contribution >= 4 is 22.7 Å². The van der Waals surface area contributed by atoms with Gasteiger partial charge in [0.25, 0.3) is 0 Å². The summed E-state index contributed by atoms with van der Waals surface area (Å²) in [6, 6.07) is 0. The van der Waals surface area contributed by atoms with E-state index in [-0.39, 0.29) is 5.78 Å². The molecule has 3 heteroatoms. The second-order valence-corrected chi connectivity index (χ2v) is 3.23. The molecule has 0 aliphatic carbocycles. The fraction of sp³-hybridized carbons (Fsp3) is 0.250. The summed E-state index contributed by atoms with van der Waals surface area (Å²) in [5.74, 6) is 0.0162. The van der Waals surface area contributed by atoms with Crippen molar-refractivity contribution in [1.29, 1.82) is 0 Å². The Morgan fingerprint density at radius 2 is 2.27 bits per heavy atom. The van der Waals surface area contributed by atoms with Gasteiger partial charge in [-0.3, -0.25) is 4.79 Å². The van der Waals surface area contributed by atoms with Gasteiger partial charge in [-0.1, -0.05) is 6.58 Å². The SMILES string of the molecule is C=C(C)c1csc(C(C)=O)n1. The second kappa shape index (κ2) is 2.96. The van der Waals surface area contributed by atoms with Crippen LogP contribution in [0, 0.1) is 0 Å². The Morgan fingerprint density at radius 1 is 1.64 bits per heavy atom. The number of allylic oxidation sites excluding steroid dienone is 1. The Bertz CT molecular complexity index is 272. The number of ketones is 1. The molecule has 0 N–H and O–H groups in total. The normalized spacial score (nSPS) is 9.64. The summed E-state index contributed by atoms with van der Waals surface area (Å²) in [6.07, 6.45) is 0. The minimum absolute atomic E-state index is 0.0162. The molecule has 58 valence electrons. The van der Waals surface area contributed by atoms with E-state index in [2.05, 4.69) is 11.6 Å². The number of carbonyl (C=O) groups is 1. The van der Waals surface area contributed by atoms with Crippen molar-refractivity contribution in [2.45, 2.75) is 13.8 Å². The first kappa shape index (κ1) is 8.14. The van der Waals surface area contributed by atoms with Crippen LogP contribution in [0.15, 0.2) is 12.0 Å². The summed E-state index contributed by atoms with van der Waals surface area (Å²) < 4.78 is 0. The first-order valence-electron chi connectivity index (χ1n) is 3.23. The van der Waals surface area contributed by atoms with Gasteiger partial charge in [0.05, 0.1) is 5.69 Å². The average molecular weight is 167 g/mol. The lowest BCUT2D eigenvalue weighted by molar-refractivity contribution is 0.101. The highest BCUT2D eigenvalue weighted by atomic mass is 32.1. The third-order valence-corrected chi connectivity index (χ3v) is 2.19. The molecule has 1 heterocycles. The van der Waals surface area contributed by atoms with E-state index in [4.69, 9.17) is 0 Å². The smallest absolute Gasteiger partial charge is 0.188 e. The van der Waals surface area contributed by atoms with Crippen molar-refractivity contribution in [3.05, 3.63) is 22.7 Å². The summed E-state index contributed by atoms with van der Waals surface area (Å²) >= 11 is 1.36. The molecule has 2 nitrogen and oxygen atoms in total. The van der Waals surface area contributed by atoms with Crippen LogP contribution in [0.25, 0.3) is 5.57 Å². The van der Waals surface area contributed by atoms with Gasteiger partial charge in [-0.15, -0.1) is 11.3 Å². The van der Waals surface area contributed by atoms with Gasteiger partial charge in [-0.05, 0) is 12.5 Å². The molecule has 1 aromatic heterocycles. The summed E-state index contributed by atoms with van der Waals surface area (Å²) in [7, 11) is 0. The van der Waals surface area contributed by atoms with Gasteiger partial charge in [0, 0.05) is 12.3 Å². The summed E-state index contributed by atoms with van der Waals surface area (Å²) in [5.41, 5.74) is 1.72. The quantitative estimate of drug-likeness (QED) is 0.633. The minimum Gasteiger partial charge on any atom is -0.292 e. The van der Waals surface area contributed by atoms with Gasteiger partial charge in [-0.2, -0.15) is 0 Å². The Labute approximate surface area is 69.6 Å². The van der Waals surface area contributed by atoms with E-state index >= 15 is 0 Å². The summed E-state index contributed by atoms with van der Waals surface area (Å²) in [5, 5.41) is 2.40. The molecule has 0 radical (unpaired) electrons. The predicted molar refractivity (Wildman–Crippen MR) is 46.8 cm³/mol. The molecular weight excluding hydrogens is 158 g/mol. The monoisotopic (exact) mass is 167 g/mol. The number of carbonyl (C=O) groups excluding carboxylic acids is 1. The highest BCUT2D eigenvalue weighted by molar-refractivity contribution is 7.11. The molecule has 0 amide bonds. The average Bonchev–Trinajstić information content (AvgIpc) is 2.33. The maximum Gasteiger partial charge on any atom is 0.188 e. The van der Waals surface area contributed by atoms with Crippen LogP contribution >= 0.6 is 11.3 Å². The molecule has 0 spiro atoms. The van der Waals surface area contributed by atoms with Crippen LogP contribution in [-0.4, -0.2) is 10.8 Å². The fourth-order valence-corrected chi connectivity index (χ4v) is 1.43. The minimum atomic E-state index is 0.0162. The zero-order chi connectivity index (χ0) is 8.43. The van der Waals surface area contributed by atoms with Crippen LogP contribution in [0.4, 0.5) is 0 Å². The molecule has 0 saturated carbocycles. The Kier molecular flexibility index (Phi) is 2.19. The molecular formula is C8H9NOS. The number of thiazole rings is 1. The first-order chi connectivity index (χ1) is 5.11. The molecule has 11 heavy (non-hydrogen) atoms. The molecule has 0 bridgehead atoms. The van der Waals surface area contributed by atoms with Crippen LogP contribution in [0.5, 0.6) is 0 Å². The lowest BCUT2D eigenvalue weighted by Crippen LogP contribution is -1.90. The number of nitrogens with zero attached hydrogens (tertiary/aromatic N) is 1. The number of aromatic nitrogens is 1. The van der Waals surface area contributed by atoms with E-state index in [1.54, 1.807) is 0 Å². The zero-order valence-electron chi connectivity index (χ0n) is 6.55. The van der Waals surface area contributed by atoms with Crippen LogP contribution < -0.4 is 0 Å². The largest absolute Gasteiger partial charge is 0.292 e. The summed E-state index contributed by atoms with van der Waals surface area (Å²) in [6.45, 7) is 7.12. The van der Waals surface area contributed by atoms with Crippen molar-refractivity contribution < 1.29 is 4.79 Å². The number of hydrogen-bond acceptors (Lipinski definition) is 3. The zero-order valence-corrected chi connectivity index (χ0v) is 7.36. The molecule has 0 atom stereocenters. The van der Waals surface area contributed by atoms with E-state index in [1.807, 2.05) is 12.3 Å². The third-order valence-electron chi connectivity index (χ3n) is 1.24. The van der Waals surface area contributed by atoms with Gasteiger partial charge in [0.1, 0.15) is 0 Å². The number of hydrogen-bond donors (Lipinski definition) is 0. The van der Waals surface area contributed by atoms with E-state index in [9.17, 15) is 4.79 Å². The molecule has 0 unspecified atom stereocenters. The molecule has 0 saturated heterocycles. The third kappa shape index (κ3) is 1.74. The lowest BCUT2D eigenvalue weighted by Gasteiger charge is -1.87. The molecule has 0 aliphatic heterocycles. The highest BCUT2D eigenvalue weighted by Crippen LogP contribution is 2.15. The standard InChI is InChI=1S/C8H9NOS/c1-5(2)7-4-11-8(9-7)6(3)10/h4H,1H2,2-3H3. The molecule has 1 rings (SSSR count). The van der Waals surface area contributed by atoms with Gasteiger partial charge >= 0.3 is 0 Å². The van der Waals surface area contributed by atoms with Gasteiger partial charge in [-0.25, -0.2) is 4.98 Å². The van der Waals surface area contributed by atoms with Crippen LogP contribution in [0.2, 0.25) is 0 Å². The van der Waals surface area contributed by atoms with Crippen molar-refractivity contribution in [1.82, 2.24) is 4.98 Å². The van der Waals surface area contributed by atoms with Gasteiger partial charge in [0.15, 0.2) is 10.8 Å². The van der Waals surface area contributed by atoms with Crippen LogP contribution in [-0.2, 0) is 0 Å². The van der Waals surface area contributed by atoms with E-state index in [1.165, 1.54) is 18.3 Å². The number of rotatable bonds is 2. The predicted octanol–water partition coefficient (Wildman–Crippen LogP) is 2.38. The first-order valence-corrected chi connectivity index (χ1v) is 4.11. The van der Waals surface area contributed by atoms with Crippen molar-refractivity contribution in [2.24, 2.45) is 0 Å². The van der Waals surface area contributed by atoms with Crippen molar-refractivity contribution in [3.8, 4) is 0 Å². The van der Waals surface area contributed by atoms with Crippen molar-refractivity contribution in [2.75, 3.05) is 0 Å². The fourth-order valence-electron chi connectivity index (χ4n) is 0.631. The van der Waals surface area contributed by atoms with E-state index in [0.29, 0.717) is 5.01 Å². The topological polar surface area (TPSA) is 30.0 Å². The van der Waals surface area contributed by atoms with Gasteiger partial charge in [0.2, 0.25) is 0 Å². The molecule has 1 aromatic rings. The van der Waals surface area contributed by atoms with E-state index in [0.717, 1.165) is 11.3 Å². The van der Waals surface area contributed by atoms with Gasteiger partial charge < -0.3 is 0 Å². The molecule has 0 fully saturated rings. The second-order valence-electron chi connectivity index (χ2n) is 2.37. The Hall–Kier alpha value is -0.960. The maximum absolute atomic E-state index is 10.8. The highest BCUT2D eigenvalue weighted by Gasteiger charge is 2.05. The summed E-state index contributed by atoms with van der Waals surface area (Å²) in [4.78, 5) is 14.9. The molecule has 0 aromatic carbocycles. The molecule has 0 aliphatic rings. The Balaban J connectivity index is 2.99. The maximum atomic E-state index is 10.8. The lowest BCUT2D eigenvalue weighted by atomic mass is 10.3. The Morgan fingerprint density at radius 3 is 2.55 bits per heavy atom. The van der Waals surface area contributed by atoms with Crippen LogP contribution in [0.1, 0.15) is 29.3 Å². The number of Topliss-reactive ketones (excluding diaryl/α,β-unsaturated/α-hetero) is 1. The van der Waals surface area contributed by atoms with E-state index < -0.39 is 0 Å². The van der Waals surface area contributed by atoms with Crippen LogP contribution in [0.3, 0.4) is 0 Å².